The van der Waals surface area contributed by atoms with E-state index in [2.05, 4.69) is 19.9 Å². The fraction of sp³-hybridized carbons (Fsp3) is 0.455. The molecule has 0 amide bonds. The van der Waals surface area contributed by atoms with E-state index in [1.807, 2.05) is 4.90 Å². The Bertz CT molecular complexity index is 635. The highest BCUT2D eigenvalue weighted by molar-refractivity contribution is 7.91. The highest BCUT2D eigenvalue weighted by Gasteiger charge is 2.24. The van der Waals surface area contributed by atoms with Crippen molar-refractivity contribution in [1.82, 2.24) is 19.9 Å². The largest absolute Gasteiger partial charge is 0.616 e. The number of methoxy groups -OCH3 is 1. The lowest BCUT2D eigenvalue weighted by atomic mass is 10.3. The van der Waals surface area contributed by atoms with Crippen molar-refractivity contribution in [1.29, 1.82) is 0 Å². The number of nitrogens with zero attached hydrogens (tertiary/aromatic N) is 5. The van der Waals surface area contributed by atoms with E-state index in [0.29, 0.717) is 47.3 Å². The zero-order valence-corrected chi connectivity index (χ0v) is 12.3. The first kappa shape index (κ1) is 13.6. The summed E-state index contributed by atoms with van der Waals surface area (Å²) in [5, 5.41) is 0.118. The zero-order valence-electron chi connectivity index (χ0n) is 10.7. The van der Waals surface area contributed by atoms with Crippen LogP contribution in [0.4, 0.5) is 5.82 Å². The molecule has 9 heteroatoms. The Morgan fingerprint density at radius 1 is 1.25 bits per heavy atom. The van der Waals surface area contributed by atoms with Crippen LogP contribution >= 0.6 is 11.6 Å². The highest BCUT2D eigenvalue weighted by Crippen LogP contribution is 2.28. The second-order valence-corrected chi connectivity index (χ2v) is 6.27. The molecule has 0 aliphatic carbocycles. The first-order valence-electron chi connectivity index (χ1n) is 6.01. The van der Waals surface area contributed by atoms with Crippen LogP contribution in [0.1, 0.15) is 0 Å². The van der Waals surface area contributed by atoms with E-state index in [0.717, 1.165) is 0 Å². The lowest BCUT2D eigenvalue weighted by Crippen LogP contribution is -2.41. The zero-order chi connectivity index (χ0) is 14.1. The van der Waals surface area contributed by atoms with E-state index in [9.17, 15) is 4.55 Å². The van der Waals surface area contributed by atoms with Crippen LogP contribution in [0, 0.1) is 0 Å². The second-order valence-electron chi connectivity index (χ2n) is 4.23. The summed E-state index contributed by atoms with van der Waals surface area (Å²) in [4.78, 5) is 18.7. The van der Waals surface area contributed by atoms with E-state index in [-0.39, 0.29) is 5.28 Å². The molecule has 106 valence electrons. The second kappa shape index (κ2) is 5.55. The molecular weight excluding hydrogens is 302 g/mol. The van der Waals surface area contributed by atoms with Gasteiger partial charge in [0.1, 0.15) is 23.3 Å². The molecule has 0 unspecified atom stereocenters. The van der Waals surface area contributed by atoms with E-state index in [4.69, 9.17) is 16.3 Å². The summed E-state index contributed by atoms with van der Waals surface area (Å²) in [5.41, 5.74) is 1.07. The maximum atomic E-state index is 11.5. The summed E-state index contributed by atoms with van der Waals surface area (Å²) >= 11 is 5.23. The molecule has 0 N–H and O–H groups in total. The van der Waals surface area contributed by atoms with Gasteiger partial charge in [0, 0.05) is 0 Å². The van der Waals surface area contributed by atoms with Crippen LogP contribution in [0.15, 0.2) is 6.33 Å². The topological polar surface area (TPSA) is 87.1 Å². The first-order chi connectivity index (χ1) is 9.69. The Morgan fingerprint density at radius 3 is 2.70 bits per heavy atom. The molecule has 0 bridgehead atoms. The molecule has 1 fully saturated rings. The van der Waals surface area contributed by atoms with Gasteiger partial charge in [0.2, 0.25) is 11.2 Å². The van der Waals surface area contributed by atoms with Crippen LogP contribution in [0.2, 0.25) is 5.28 Å². The van der Waals surface area contributed by atoms with Gasteiger partial charge < -0.3 is 14.2 Å². The number of hydrogen-bond donors (Lipinski definition) is 0. The quantitative estimate of drug-likeness (QED) is 0.594. The SMILES string of the molecule is COc1ncnc2c(N3CC[S+]([O-])CC3)nc(Cl)nc12. The van der Waals surface area contributed by atoms with Gasteiger partial charge >= 0.3 is 0 Å². The molecule has 2 aromatic rings. The molecule has 7 nitrogen and oxygen atoms in total. The third-order valence-electron chi connectivity index (χ3n) is 3.07. The molecule has 0 aromatic carbocycles. The number of ether oxygens (including phenoxy) is 1. The number of rotatable bonds is 2. The Labute approximate surface area is 123 Å². The molecule has 1 saturated heterocycles. The van der Waals surface area contributed by atoms with Crippen molar-refractivity contribution in [3.63, 3.8) is 0 Å². The molecule has 0 atom stereocenters. The predicted molar refractivity (Wildman–Crippen MR) is 76.8 cm³/mol. The Kier molecular flexibility index (Phi) is 3.77. The van der Waals surface area contributed by atoms with Gasteiger partial charge in [0.15, 0.2) is 11.3 Å². The summed E-state index contributed by atoms with van der Waals surface area (Å²) < 4.78 is 16.6. The number of halogens is 1. The van der Waals surface area contributed by atoms with Crippen molar-refractivity contribution in [2.75, 3.05) is 36.6 Å². The molecule has 1 aliphatic rings. The molecule has 2 aromatic heterocycles. The van der Waals surface area contributed by atoms with Gasteiger partial charge in [0.05, 0.1) is 20.2 Å². The molecule has 0 saturated carbocycles. The highest BCUT2D eigenvalue weighted by atomic mass is 35.5. The van der Waals surface area contributed by atoms with Gasteiger partial charge in [-0.1, -0.05) is 11.2 Å². The summed E-state index contributed by atoms with van der Waals surface area (Å²) in [6.45, 7) is 1.31. The van der Waals surface area contributed by atoms with E-state index in [1.165, 1.54) is 13.4 Å². The lowest BCUT2D eigenvalue weighted by molar-refractivity contribution is 0.401. The predicted octanol–water partition coefficient (Wildman–Crippen LogP) is 0.650. The maximum Gasteiger partial charge on any atom is 0.243 e. The van der Waals surface area contributed by atoms with Gasteiger partial charge in [-0.05, 0) is 11.6 Å². The number of hydrogen-bond acceptors (Lipinski definition) is 7. The molecule has 1 aliphatic heterocycles. The van der Waals surface area contributed by atoms with Gasteiger partial charge in [-0.2, -0.15) is 9.97 Å². The van der Waals surface area contributed by atoms with Gasteiger partial charge in [0.25, 0.3) is 0 Å². The van der Waals surface area contributed by atoms with Crippen LogP contribution in [-0.2, 0) is 11.2 Å². The van der Waals surface area contributed by atoms with Gasteiger partial charge in [-0.3, -0.25) is 0 Å². The van der Waals surface area contributed by atoms with E-state index >= 15 is 0 Å². The van der Waals surface area contributed by atoms with Crippen molar-refractivity contribution < 1.29 is 9.29 Å². The van der Waals surface area contributed by atoms with Crippen LogP contribution in [-0.4, -0.2) is 56.2 Å². The summed E-state index contributed by atoms with van der Waals surface area (Å²) in [5.74, 6) is 2.23. The number of aromatic nitrogens is 4. The van der Waals surface area contributed by atoms with Crippen molar-refractivity contribution in [2.24, 2.45) is 0 Å². The van der Waals surface area contributed by atoms with E-state index < -0.39 is 11.2 Å². The Balaban J connectivity index is 2.10. The third kappa shape index (κ3) is 2.46. The lowest BCUT2D eigenvalue weighted by Gasteiger charge is -2.29. The summed E-state index contributed by atoms with van der Waals surface area (Å²) in [6.07, 6.45) is 1.41. The maximum absolute atomic E-state index is 11.5. The van der Waals surface area contributed by atoms with Crippen molar-refractivity contribution >= 4 is 39.6 Å². The summed E-state index contributed by atoms with van der Waals surface area (Å²) in [6, 6.07) is 0. The molecule has 0 spiro atoms. The normalized spacial score (nSPS) is 16.6. The smallest absolute Gasteiger partial charge is 0.243 e. The van der Waals surface area contributed by atoms with Crippen LogP contribution < -0.4 is 9.64 Å². The van der Waals surface area contributed by atoms with Crippen molar-refractivity contribution in [3.8, 4) is 5.88 Å². The molecule has 0 radical (unpaired) electrons. The van der Waals surface area contributed by atoms with Crippen molar-refractivity contribution in [2.45, 2.75) is 0 Å². The molecular formula is C11H12ClN5O2S. The average Bonchev–Trinajstić information content (AvgIpc) is 2.46. The van der Waals surface area contributed by atoms with Crippen LogP contribution in [0.3, 0.4) is 0 Å². The molecule has 3 rings (SSSR count). The third-order valence-corrected chi connectivity index (χ3v) is 4.52. The Morgan fingerprint density at radius 2 is 2.00 bits per heavy atom. The van der Waals surface area contributed by atoms with Gasteiger partial charge in [-0.15, -0.1) is 0 Å². The molecule has 3 heterocycles. The van der Waals surface area contributed by atoms with Crippen molar-refractivity contribution in [3.05, 3.63) is 11.6 Å². The van der Waals surface area contributed by atoms with Gasteiger partial charge in [-0.25, -0.2) is 9.97 Å². The number of anilines is 1. The fourth-order valence-electron chi connectivity index (χ4n) is 2.10. The van der Waals surface area contributed by atoms with Crippen LogP contribution in [0.25, 0.3) is 11.0 Å². The van der Waals surface area contributed by atoms with Crippen LogP contribution in [0.5, 0.6) is 5.88 Å². The molecule has 20 heavy (non-hydrogen) atoms. The standard InChI is InChI=1S/C11H12ClN5O2S/c1-19-10-8-7(13-6-14-10)9(16-11(12)15-8)17-2-4-20(18)5-3-17/h6H,2-5H2,1H3. The summed E-state index contributed by atoms with van der Waals surface area (Å²) in [7, 11) is 1.52. The Hall–Kier alpha value is -1.38. The fourth-order valence-corrected chi connectivity index (χ4v) is 3.32. The van der Waals surface area contributed by atoms with E-state index in [1.54, 1.807) is 0 Å². The number of fused-ring (bicyclic) bond motifs is 1. The minimum atomic E-state index is -0.755. The first-order valence-corrected chi connectivity index (χ1v) is 7.88. The monoisotopic (exact) mass is 313 g/mol. The average molecular weight is 314 g/mol. The minimum absolute atomic E-state index is 0.118. The minimum Gasteiger partial charge on any atom is -0.616 e.